The van der Waals surface area contributed by atoms with Crippen LogP contribution in [0.25, 0.3) is 0 Å². The van der Waals surface area contributed by atoms with Crippen LogP contribution >= 0.6 is 11.6 Å². The van der Waals surface area contributed by atoms with E-state index in [4.69, 9.17) is 16.9 Å². The molecule has 1 rings (SSSR count). The van der Waals surface area contributed by atoms with E-state index in [1.165, 1.54) is 12.1 Å². The number of halogens is 2. The van der Waals surface area contributed by atoms with Gasteiger partial charge in [-0.25, -0.2) is 4.39 Å². The van der Waals surface area contributed by atoms with E-state index in [-0.39, 0.29) is 0 Å². The quantitative estimate of drug-likeness (QED) is 0.678. The van der Waals surface area contributed by atoms with Gasteiger partial charge in [-0.1, -0.05) is 11.6 Å². The average Bonchev–Trinajstić information content (AvgIpc) is 2.02. The van der Waals surface area contributed by atoms with Crippen LogP contribution in [0.3, 0.4) is 0 Å². The van der Waals surface area contributed by atoms with Crippen LogP contribution in [0.4, 0.5) is 4.39 Å². The van der Waals surface area contributed by atoms with Crippen LogP contribution in [0.5, 0.6) is 0 Å². The predicted octanol–water partition coefficient (Wildman–Crippen LogP) is 3.28. The molecule has 0 N–H and O–H groups in total. The van der Waals surface area contributed by atoms with Gasteiger partial charge in [0.1, 0.15) is 5.82 Å². The highest BCUT2D eigenvalue weighted by Gasteiger charge is 2.20. The van der Waals surface area contributed by atoms with Crippen LogP contribution in [-0.4, -0.2) is 0 Å². The van der Waals surface area contributed by atoms with Gasteiger partial charge in [0, 0.05) is 5.02 Å². The summed E-state index contributed by atoms with van der Waals surface area (Å²) in [6.07, 6.45) is 0. The molecule has 1 aromatic carbocycles. The Bertz CT molecular complexity index is 345. The van der Waals surface area contributed by atoms with Crippen molar-refractivity contribution < 1.29 is 4.39 Å². The molecule has 0 radical (unpaired) electrons. The third kappa shape index (κ3) is 2.19. The Morgan fingerprint density at radius 1 is 1.38 bits per heavy atom. The lowest BCUT2D eigenvalue weighted by molar-refractivity contribution is 0.613. The lowest BCUT2D eigenvalue weighted by Gasteiger charge is -2.15. The van der Waals surface area contributed by atoms with Crippen LogP contribution in [0.2, 0.25) is 5.02 Å². The summed E-state index contributed by atoms with van der Waals surface area (Å²) in [4.78, 5) is 0. The Labute approximate surface area is 81.8 Å². The number of nitrogens with zero attached hydrogens (tertiary/aromatic N) is 1. The molecule has 0 spiro atoms. The smallest absolute Gasteiger partial charge is 0.125 e. The van der Waals surface area contributed by atoms with Crippen molar-refractivity contribution in [1.82, 2.24) is 0 Å². The van der Waals surface area contributed by atoms with Gasteiger partial charge in [0.2, 0.25) is 0 Å². The first-order chi connectivity index (χ1) is 5.95. The monoisotopic (exact) mass is 197 g/mol. The van der Waals surface area contributed by atoms with Crippen LogP contribution in [0.15, 0.2) is 18.2 Å². The van der Waals surface area contributed by atoms with E-state index in [0.717, 1.165) is 0 Å². The molecule has 1 nitrogen and oxygen atoms in total. The average molecular weight is 198 g/mol. The Kier molecular flexibility index (Phi) is 2.58. The van der Waals surface area contributed by atoms with Crippen molar-refractivity contribution in [3.63, 3.8) is 0 Å². The molecule has 0 aliphatic carbocycles. The van der Waals surface area contributed by atoms with Crippen molar-refractivity contribution in [1.29, 1.82) is 5.26 Å². The zero-order valence-corrected chi connectivity index (χ0v) is 8.19. The van der Waals surface area contributed by atoms with Gasteiger partial charge in [-0.3, -0.25) is 0 Å². The van der Waals surface area contributed by atoms with Gasteiger partial charge in [-0.05, 0) is 37.6 Å². The molecule has 3 heteroatoms. The second-order valence-corrected chi connectivity index (χ2v) is 3.83. The SMILES string of the molecule is CC(C)(C#N)c1cc(F)cc(Cl)c1. The fourth-order valence-corrected chi connectivity index (χ4v) is 1.20. The molecule has 13 heavy (non-hydrogen) atoms. The van der Waals surface area contributed by atoms with E-state index in [9.17, 15) is 4.39 Å². The zero-order valence-electron chi connectivity index (χ0n) is 7.44. The van der Waals surface area contributed by atoms with Crippen LogP contribution in [-0.2, 0) is 5.41 Å². The molecule has 0 heterocycles. The minimum Gasteiger partial charge on any atom is -0.207 e. The molecule has 68 valence electrons. The standard InChI is InChI=1S/C10H9ClFN/c1-10(2,6-13)7-3-8(11)5-9(12)4-7/h3-5H,1-2H3. The number of benzene rings is 1. The molecule has 0 saturated carbocycles. The van der Waals surface area contributed by atoms with Crippen LogP contribution in [0, 0.1) is 17.1 Å². The molecule has 0 fully saturated rings. The summed E-state index contributed by atoms with van der Waals surface area (Å²) in [5, 5.41) is 9.13. The van der Waals surface area contributed by atoms with Crippen molar-refractivity contribution in [3.05, 3.63) is 34.6 Å². The van der Waals surface area contributed by atoms with E-state index in [1.807, 2.05) is 0 Å². The van der Waals surface area contributed by atoms with Gasteiger partial charge in [0.25, 0.3) is 0 Å². The van der Waals surface area contributed by atoms with E-state index >= 15 is 0 Å². The molecule has 0 amide bonds. The molecule has 0 saturated heterocycles. The van der Waals surface area contributed by atoms with Crippen LogP contribution < -0.4 is 0 Å². The first-order valence-corrected chi connectivity index (χ1v) is 4.21. The maximum absolute atomic E-state index is 12.9. The highest BCUT2D eigenvalue weighted by Crippen LogP contribution is 2.25. The third-order valence-corrected chi connectivity index (χ3v) is 2.08. The summed E-state index contributed by atoms with van der Waals surface area (Å²) in [7, 11) is 0. The number of hydrogen-bond donors (Lipinski definition) is 0. The van der Waals surface area contributed by atoms with Gasteiger partial charge >= 0.3 is 0 Å². The van der Waals surface area contributed by atoms with Gasteiger partial charge < -0.3 is 0 Å². The van der Waals surface area contributed by atoms with Gasteiger partial charge in [0.15, 0.2) is 0 Å². The van der Waals surface area contributed by atoms with Gasteiger partial charge in [-0.2, -0.15) is 5.26 Å². The molecule has 0 aliphatic rings. The first-order valence-electron chi connectivity index (χ1n) is 3.83. The van der Waals surface area contributed by atoms with E-state index < -0.39 is 11.2 Å². The Balaban J connectivity index is 3.25. The van der Waals surface area contributed by atoms with Gasteiger partial charge in [-0.15, -0.1) is 0 Å². The van der Waals surface area contributed by atoms with E-state index in [0.29, 0.717) is 10.6 Å². The molecule has 1 aromatic rings. The predicted molar refractivity (Wildman–Crippen MR) is 50.0 cm³/mol. The fraction of sp³-hybridized carbons (Fsp3) is 0.300. The van der Waals surface area contributed by atoms with Crippen molar-refractivity contribution in [2.75, 3.05) is 0 Å². The molecule has 0 bridgehead atoms. The second-order valence-electron chi connectivity index (χ2n) is 3.39. The number of nitriles is 1. The van der Waals surface area contributed by atoms with Crippen molar-refractivity contribution in [2.45, 2.75) is 19.3 Å². The summed E-state index contributed by atoms with van der Waals surface area (Å²) in [6, 6.07) is 6.24. The fourth-order valence-electron chi connectivity index (χ4n) is 0.979. The summed E-state index contributed by atoms with van der Waals surface area (Å²) in [6.45, 7) is 3.44. The number of hydrogen-bond acceptors (Lipinski definition) is 1. The summed E-state index contributed by atoms with van der Waals surface area (Å²) in [5.74, 6) is -0.411. The molecular weight excluding hydrogens is 189 g/mol. The highest BCUT2D eigenvalue weighted by molar-refractivity contribution is 6.30. The van der Waals surface area contributed by atoms with Gasteiger partial charge in [0.05, 0.1) is 11.5 Å². The minimum atomic E-state index is -0.703. The number of rotatable bonds is 1. The third-order valence-electron chi connectivity index (χ3n) is 1.86. The minimum absolute atomic E-state index is 0.318. The Hall–Kier alpha value is -1.07. The summed E-state index contributed by atoms with van der Waals surface area (Å²) >= 11 is 5.66. The lowest BCUT2D eigenvalue weighted by atomic mass is 9.86. The summed E-state index contributed by atoms with van der Waals surface area (Å²) < 4.78 is 12.9. The van der Waals surface area contributed by atoms with Crippen LogP contribution in [0.1, 0.15) is 19.4 Å². The largest absolute Gasteiger partial charge is 0.207 e. The van der Waals surface area contributed by atoms with E-state index in [2.05, 4.69) is 6.07 Å². The Morgan fingerprint density at radius 3 is 2.46 bits per heavy atom. The molecule has 0 aromatic heterocycles. The second kappa shape index (κ2) is 3.35. The maximum atomic E-state index is 12.9. The van der Waals surface area contributed by atoms with Crippen molar-refractivity contribution >= 4 is 11.6 Å². The summed E-state index contributed by atoms with van der Waals surface area (Å²) in [5.41, 5.74) is -0.105. The molecule has 0 atom stereocenters. The topological polar surface area (TPSA) is 23.8 Å². The molecule has 0 aliphatic heterocycles. The molecule has 0 unspecified atom stereocenters. The normalized spacial score (nSPS) is 11.0. The Morgan fingerprint density at radius 2 is 2.00 bits per heavy atom. The van der Waals surface area contributed by atoms with E-state index in [1.54, 1.807) is 19.9 Å². The lowest BCUT2D eigenvalue weighted by Crippen LogP contribution is -2.13. The zero-order chi connectivity index (χ0) is 10.1. The highest BCUT2D eigenvalue weighted by atomic mass is 35.5. The maximum Gasteiger partial charge on any atom is 0.125 e. The molecular formula is C10H9ClFN. The first kappa shape index (κ1) is 10.0. The van der Waals surface area contributed by atoms with Crippen molar-refractivity contribution in [3.8, 4) is 6.07 Å². The van der Waals surface area contributed by atoms with Crippen molar-refractivity contribution in [2.24, 2.45) is 0 Å².